The number of benzene rings is 1. The number of piperidine rings is 1. The molecule has 3 rings (SSSR count). The second-order valence-corrected chi connectivity index (χ2v) is 7.12. The van der Waals surface area contributed by atoms with Crippen LogP contribution >= 0.6 is 0 Å². The molecule has 1 aromatic carbocycles. The quantitative estimate of drug-likeness (QED) is 0.826. The first-order valence-electron chi connectivity index (χ1n) is 6.31. The SMILES string of the molecule is CS(=O)(=O)N1Cc2ccccc2C12CCNCC2. The molecule has 0 bridgehead atoms. The molecule has 1 saturated heterocycles. The van der Waals surface area contributed by atoms with Crippen LogP contribution in [0.25, 0.3) is 0 Å². The van der Waals surface area contributed by atoms with E-state index in [9.17, 15) is 8.42 Å². The topological polar surface area (TPSA) is 49.4 Å². The van der Waals surface area contributed by atoms with E-state index in [1.165, 1.54) is 11.8 Å². The number of sulfonamides is 1. The van der Waals surface area contributed by atoms with Gasteiger partial charge in [0, 0.05) is 6.54 Å². The Morgan fingerprint density at radius 3 is 2.56 bits per heavy atom. The van der Waals surface area contributed by atoms with E-state index in [0.29, 0.717) is 6.54 Å². The number of hydrogen-bond donors (Lipinski definition) is 1. The van der Waals surface area contributed by atoms with Gasteiger partial charge in [0.15, 0.2) is 0 Å². The first-order valence-corrected chi connectivity index (χ1v) is 8.16. The molecule has 2 heterocycles. The molecule has 0 amide bonds. The van der Waals surface area contributed by atoms with Gasteiger partial charge in [-0.15, -0.1) is 0 Å². The van der Waals surface area contributed by atoms with Crippen molar-refractivity contribution in [1.29, 1.82) is 0 Å². The van der Waals surface area contributed by atoms with Crippen LogP contribution in [-0.2, 0) is 22.1 Å². The van der Waals surface area contributed by atoms with Crippen molar-refractivity contribution in [2.45, 2.75) is 24.9 Å². The van der Waals surface area contributed by atoms with Crippen LogP contribution in [0.15, 0.2) is 24.3 Å². The van der Waals surface area contributed by atoms with E-state index in [1.54, 1.807) is 4.31 Å². The van der Waals surface area contributed by atoms with E-state index in [-0.39, 0.29) is 5.54 Å². The van der Waals surface area contributed by atoms with Gasteiger partial charge in [-0.05, 0) is 37.1 Å². The summed E-state index contributed by atoms with van der Waals surface area (Å²) in [5.41, 5.74) is 2.05. The maximum Gasteiger partial charge on any atom is 0.212 e. The second kappa shape index (κ2) is 4.05. The zero-order chi connectivity index (χ0) is 12.8. The highest BCUT2D eigenvalue weighted by molar-refractivity contribution is 7.88. The molecule has 18 heavy (non-hydrogen) atoms. The van der Waals surface area contributed by atoms with Crippen molar-refractivity contribution in [2.24, 2.45) is 0 Å². The lowest BCUT2D eigenvalue weighted by molar-refractivity contribution is 0.155. The monoisotopic (exact) mass is 266 g/mol. The molecule has 2 aliphatic heterocycles. The van der Waals surface area contributed by atoms with Gasteiger partial charge in [0.25, 0.3) is 0 Å². The van der Waals surface area contributed by atoms with Crippen LogP contribution in [0.2, 0.25) is 0 Å². The molecule has 0 aromatic heterocycles. The zero-order valence-electron chi connectivity index (χ0n) is 10.5. The molecule has 1 fully saturated rings. The van der Waals surface area contributed by atoms with Crippen molar-refractivity contribution in [3.05, 3.63) is 35.4 Å². The minimum atomic E-state index is -3.17. The van der Waals surface area contributed by atoms with E-state index in [0.717, 1.165) is 31.5 Å². The van der Waals surface area contributed by atoms with Gasteiger partial charge in [-0.1, -0.05) is 24.3 Å². The highest BCUT2D eigenvalue weighted by Crippen LogP contribution is 2.46. The zero-order valence-corrected chi connectivity index (χ0v) is 11.3. The fourth-order valence-electron chi connectivity index (χ4n) is 3.35. The third kappa shape index (κ3) is 1.69. The summed E-state index contributed by atoms with van der Waals surface area (Å²) in [5, 5.41) is 3.32. The van der Waals surface area contributed by atoms with E-state index in [1.807, 2.05) is 18.2 Å². The van der Waals surface area contributed by atoms with E-state index in [2.05, 4.69) is 11.4 Å². The Morgan fingerprint density at radius 1 is 1.22 bits per heavy atom. The molecule has 1 aromatic rings. The lowest BCUT2D eigenvalue weighted by atomic mass is 9.82. The molecule has 0 aliphatic carbocycles. The predicted octanol–water partition coefficient (Wildman–Crippen LogP) is 1.04. The lowest BCUT2D eigenvalue weighted by Gasteiger charge is -2.41. The van der Waals surface area contributed by atoms with Gasteiger partial charge in [0.05, 0.1) is 11.8 Å². The molecule has 2 aliphatic rings. The average Bonchev–Trinajstić information content (AvgIpc) is 2.66. The summed E-state index contributed by atoms with van der Waals surface area (Å²) in [6.07, 6.45) is 3.04. The molecule has 1 N–H and O–H groups in total. The Bertz CT molecular complexity index is 562. The van der Waals surface area contributed by atoms with Crippen LogP contribution in [0.1, 0.15) is 24.0 Å². The number of nitrogens with zero attached hydrogens (tertiary/aromatic N) is 1. The Morgan fingerprint density at radius 2 is 1.89 bits per heavy atom. The van der Waals surface area contributed by atoms with Gasteiger partial charge in [-0.2, -0.15) is 4.31 Å². The van der Waals surface area contributed by atoms with E-state index >= 15 is 0 Å². The highest BCUT2D eigenvalue weighted by atomic mass is 32.2. The standard InChI is InChI=1S/C13H18N2O2S/c1-18(16,17)15-10-11-4-2-3-5-12(11)13(15)6-8-14-9-7-13/h2-5,14H,6-10H2,1H3. The number of rotatable bonds is 1. The molecule has 0 radical (unpaired) electrons. The normalized spacial score (nSPS) is 23.2. The molecule has 0 saturated carbocycles. The number of nitrogens with one attached hydrogen (secondary N) is 1. The largest absolute Gasteiger partial charge is 0.317 e. The van der Waals surface area contributed by atoms with Crippen LogP contribution in [0, 0.1) is 0 Å². The summed E-state index contributed by atoms with van der Waals surface area (Å²) in [6.45, 7) is 2.27. The Labute approximate surface area is 108 Å². The van der Waals surface area contributed by atoms with Gasteiger partial charge >= 0.3 is 0 Å². The van der Waals surface area contributed by atoms with Gasteiger partial charge in [-0.3, -0.25) is 0 Å². The van der Waals surface area contributed by atoms with Gasteiger partial charge in [0.2, 0.25) is 10.0 Å². The minimum Gasteiger partial charge on any atom is -0.317 e. The maximum absolute atomic E-state index is 12.1. The first kappa shape index (κ1) is 12.1. The molecule has 98 valence electrons. The molecular formula is C13H18N2O2S. The Kier molecular flexibility index (Phi) is 2.73. The highest BCUT2D eigenvalue weighted by Gasteiger charge is 2.49. The van der Waals surface area contributed by atoms with Crippen LogP contribution < -0.4 is 5.32 Å². The molecule has 4 nitrogen and oxygen atoms in total. The van der Waals surface area contributed by atoms with E-state index in [4.69, 9.17) is 0 Å². The van der Waals surface area contributed by atoms with Crippen molar-refractivity contribution in [3.8, 4) is 0 Å². The number of fused-ring (bicyclic) bond motifs is 2. The van der Waals surface area contributed by atoms with Crippen LogP contribution in [0.4, 0.5) is 0 Å². The lowest BCUT2D eigenvalue weighted by Crippen LogP contribution is -2.50. The summed E-state index contributed by atoms with van der Waals surface area (Å²) >= 11 is 0. The van der Waals surface area contributed by atoms with E-state index < -0.39 is 10.0 Å². The summed E-state index contributed by atoms with van der Waals surface area (Å²) in [5.74, 6) is 0. The van der Waals surface area contributed by atoms with Crippen LogP contribution in [0.5, 0.6) is 0 Å². The number of hydrogen-bond acceptors (Lipinski definition) is 3. The summed E-state index contributed by atoms with van der Waals surface area (Å²) < 4.78 is 25.9. The average molecular weight is 266 g/mol. The fourth-order valence-corrected chi connectivity index (χ4v) is 4.64. The van der Waals surface area contributed by atoms with Gasteiger partial charge in [-0.25, -0.2) is 8.42 Å². The van der Waals surface area contributed by atoms with Gasteiger partial charge < -0.3 is 5.32 Å². The summed E-state index contributed by atoms with van der Waals surface area (Å²) in [4.78, 5) is 0. The Balaban J connectivity index is 2.15. The molecule has 0 atom stereocenters. The fraction of sp³-hybridized carbons (Fsp3) is 0.538. The smallest absolute Gasteiger partial charge is 0.212 e. The van der Waals surface area contributed by atoms with Crippen molar-refractivity contribution in [1.82, 2.24) is 9.62 Å². The third-order valence-electron chi connectivity index (χ3n) is 4.14. The van der Waals surface area contributed by atoms with Crippen LogP contribution in [-0.4, -0.2) is 32.1 Å². The van der Waals surface area contributed by atoms with Crippen molar-refractivity contribution in [2.75, 3.05) is 19.3 Å². The van der Waals surface area contributed by atoms with Crippen molar-refractivity contribution in [3.63, 3.8) is 0 Å². The first-order chi connectivity index (χ1) is 8.54. The molecule has 5 heteroatoms. The maximum atomic E-state index is 12.1. The minimum absolute atomic E-state index is 0.310. The van der Waals surface area contributed by atoms with Crippen molar-refractivity contribution >= 4 is 10.0 Å². The summed E-state index contributed by atoms with van der Waals surface area (Å²) in [7, 11) is -3.17. The van der Waals surface area contributed by atoms with Gasteiger partial charge in [0.1, 0.15) is 0 Å². The van der Waals surface area contributed by atoms with Crippen molar-refractivity contribution < 1.29 is 8.42 Å². The second-order valence-electron chi connectivity index (χ2n) is 5.21. The predicted molar refractivity (Wildman–Crippen MR) is 70.6 cm³/mol. The molecular weight excluding hydrogens is 248 g/mol. The molecule has 0 unspecified atom stereocenters. The molecule has 1 spiro atoms. The summed E-state index contributed by atoms with van der Waals surface area (Å²) in [6, 6.07) is 8.13. The third-order valence-corrected chi connectivity index (χ3v) is 5.42. The van der Waals surface area contributed by atoms with Crippen LogP contribution in [0.3, 0.4) is 0 Å². The Hall–Kier alpha value is -0.910.